The van der Waals surface area contributed by atoms with Gasteiger partial charge in [0, 0.05) is 13.6 Å². The monoisotopic (exact) mass is 255 g/mol. The molecule has 1 heterocycles. The number of aromatic nitrogens is 2. The number of hydrogen-bond donors (Lipinski definition) is 3. The molecular formula is C11H18FN5O. The largest absolute Gasteiger partial charge is 0.388 e. The molecule has 100 valence electrons. The van der Waals surface area contributed by atoms with Crippen molar-refractivity contribution in [1.29, 1.82) is 0 Å². The van der Waals surface area contributed by atoms with Gasteiger partial charge in [-0.05, 0) is 12.8 Å². The summed E-state index contributed by atoms with van der Waals surface area (Å²) in [6, 6.07) is 0. The number of hydrazine groups is 1. The van der Waals surface area contributed by atoms with Gasteiger partial charge in [-0.15, -0.1) is 0 Å². The summed E-state index contributed by atoms with van der Waals surface area (Å²) in [7, 11) is 1.70. The Labute approximate surface area is 105 Å². The van der Waals surface area contributed by atoms with Gasteiger partial charge in [-0.25, -0.2) is 15.2 Å². The van der Waals surface area contributed by atoms with Crippen LogP contribution in [0.5, 0.6) is 0 Å². The number of hydrogen-bond acceptors (Lipinski definition) is 6. The molecule has 0 saturated heterocycles. The molecule has 18 heavy (non-hydrogen) atoms. The summed E-state index contributed by atoms with van der Waals surface area (Å²) < 4.78 is 13.6. The lowest BCUT2D eigenvalue weighted by atomic mass is 10.0. The zero-order valence-electron chi connectivity index (χ0n) is 10.4. The molecule has 6 nitrogen and oxygen atoms in total. The average molecular weight is 255 g/mol. The van der Waals surface area contributed by atoms with Crippen molar-refractivity contribution in [2.75, 3.05) is 23.9 Å². The number of nitrogens with one attached hydrogen (secondary N) is 1. The molecule has 1 aromatic rings. The van der Waals surface area contributed by atoms with Crippen LogP contribution in [0.25, 0.3) is 0 Å². The highest BCUT2D eigenvalue weighted by Gasteiger charge is 2.33. The topological polar surface area (TPSA) is 87.3 Å². The molecule has 0 spiro atoms. The van der Waals surface area contributed by atoms with Crippen LogP contribution < -0.4 is 16.2 Å². The molecule has 0 atom stereocenters. The molecule has 0 aliphatic heterocycles. The molecule has 1 aliphatic rings. The quantitative estimate of drug-likeness (QED) is 0.540. The number of nitrogens with zero attached hydrogens (tertiary/aromatic N) is 3. The Hall–Kier alpha value is -1.47. The van der Waals surface area contributed by atoms with E-state index in [1.54, 1.807) is 11.9 Å². The number of nitrogens with two attached hydrogens (primary N) is 1. The van der Waals surface area contributed by atoms with Gasteiger partial charge in [-0.3, -0.25) is 5.43 Å². The van der Waals surface area contributed by atoms with E-state index in [1.807, 2.05) is 0 Å². The van der Waals surface area contributed by atoms with Gasteiger partial charge < -0.3 is 10.0 Å². The number of rotatable bonds is 4. The first kappa shape index (κ1) is 13.0. The SMILES string of the molecule is CN(CC1(O)CCCC1)c1nc(NN)ncc1F. The summed E-state index contributed by atoms with van der Waals surface area (Å²) in [4.78, 5) is 9.23. The van der Waals surface area contributed by atoms with Crippen molar-refractivity contribution in [3.63, 3.8) is 0 Å². The highest BCUT2D eigenvalue weighted by Crippen LogP contribution is 2.31. The van der Waals surface area contributed by atoms with Gasteiger partial charge in [-0.2, -0.15) is 4.98 Å². The molecule has 0 unspecified atom stereocenters. The number of anilines is 2. The molecule has 1 aliphatic carbocycles. The standard InChI is InChI=1S/C11H18FN5O/c1-17(7-11(18)4-2-3-5-11)9-8(12)6-14-10(15-9)16-13/h6,18H,2-5,7,13H2,1H3,(H,14,15,16). The zero-order valence-corrected chi connectivity index (χ0v) is 10.4. The van der Waals surface area contributed by atoms with E-state index in [2.05, 4.69) is 15.4 Å². The molecule has 0 bridgehead atoms. The molecule has 4 N–H and O–H groups in total. The molecule has 7 heteroatoms. The van der Waals surface area contributed by atoms with Gasteiger partial charge in [-0.1, -0.05) is 12.8 Å². The van der Waals surface area contributed by atoms with E-state index in [0.29, 0.717) is 6.54 Å². The van der Waals surface area contributed by atoms with Crippen molar-refractivity contribution in [2.45, 2.75) is 31.3 Å². The maximum absolute atomic E-state index is 13.6. The van der Waals surface area contributed by atoms with Crippen LogP contribution in [0.3, 0.4) is 0 Å². The Bertz CT molecular complexity index is 422. The van der Waals surface area contributed by atoms with E-state index in [0.717, 1.165) is 31.9 Å². The molecule has 1 fully saturated rings. The first-order chi connectivity index (χ1) is 8.54. The van der Waals surface area contributed by atoms with Gasteiger partial charge in [0.15, 0.2) is 11.6 Å². The maximum Gasteiger partial charge on any atom is 0.239 e. The Kier molecular flexibility index (Phi) is 3.63. The van der Waals surface area contributed by atoms with Crippen LogP contribution in [0.1, 0.15) is 25.7 Å². The van der Waals surface area contributed by atoms with Crippen LogP contribution in [-0.4, -0.2) is 34.3 Å². The Morgan fingerprint density at radius 1 is 1.56 bits per heavy atom. The summed E-state index contributed by atoms with van der Waals surface area (Å²) in [6.45, 7) is 0.352. The molecule has 1 saturated carbocycles. The average Bonchev–Trinajstić information content (AvgIpc) is 2.76. The maximum atomic E-state index is 13.6. The van der Waals surface area contributed by atoms with Gasteiger partial charge in [0.25, 0.3) is 0 Å². The highest BCUT2D eigenvalue weighted by molar-refractivity contribution is 5.43. The third-order valence-electron chi connectivity index (χ3n) is 3.28. The van der Waals surface area contributed by atoms with E-state index in [9.17, 15) is 9.50 Å². The second-order valence-corrected chi connectivity index (χ2v) is 4.80. The predicted octanol–water partition coefficient (Wildman–Crippen LogP) is 0.643. The normalized spacial score (nSPS) is 17.8. The lowest BCUT2D eigenvalue weighted by molar-refractivity contribution is 0.0557. The summed E-state index contributed by atoms with van der Waals surface area (Å²) in [5.41, 5.74) is 1.53. The fourth-order valence-corrected chi connectivity index (χ4v) is 2.40. The smallest absolute Gasteiger partial charge is 0.239 e. The number of aliphatic hydroxyl groups is 1. The number of likely N-dealkylation sites (N-methyl/N-ethyl adjacent to an activating group) is 1. The lowest BCUT2D eigenvalue weighted by Gasteiger charge is -2.29. The fourth-order valence-electron chi connectivity index (χ4n) is 2.40. The third kappa shape index (κ3) is 2.68. The molecule has 0 amide bonds. The summed E-state index contributed by atoms with van der Waals surface area (Å²) >= 11 is 0. The van der Waals surface area contributed by atoms with Crippen LogP contribution >= 0.6 is 0 Å². The van der Waals surface area contributed by atoms with Crippen molar-refractivity contribution in [2.24, 2.45) is 5.84 Å². The van der Waals surface area contributed by atoms with E-state index in [4.69, 9.17) is 5.84 Å². The van der Waals surface area contributed by atoms with Crippen molar-refractivity contribution < 1.29 is 9.50 Å². The first-order valence-electron chi connectivity index (χ1n) is 5.97. The summed E-state index contributed by atoms with van der Waals surface area (Å²) in [6.07, 6.45) is 4.56. The molecule has 0 radical (unpaired) electrons. The molecule has 0 aromatic carbocycles. The minimum absolute atomic E-state index is 0.137. The van der Waals surface area contributed by atoms with Crippen LogP contribution in [0.15, 0.2) is 6.20 Å². The van der Waals surface area contributed by atoms with E-state index in [1.165, 1.54) is 0 Å². The number of halogens is 1. The van der Waals surface area contributed by atoms with Crippen LogP contribution in [-0.2, 0) is 0 Å². The van der Waals surface area contributed by atoms with Crippen molar-refractivity contribution >= 4 is 11.8 Å². The number of nitrogen functional groups attached to an aromatic ring is 1. The second-order valence-electron chi connectivity index (χ2n) is 4.80. The van der Waals surface area contributed by atoms with Gasteiger partial charge in [0.05, 0.1) is 11.8 Å². The van der Waals surface area contributed by atoms with Crippen LogP contribution in [0, 0.1) is 5.82 Å². The van der Waals surface area contributed by atoms with E-state index < -0.39 is 11.4 Å². The Morgan fingerprint density at radius 2 is 2.22 bits per heavy atom. The lowest BCUT2D eigenvalue weighted by Crippen LogP contribution is -2.40. The van der Waals surface area contributed by atoms with Gasteiger partial charge in [0.2, 0.25) is 5.95 Å². The summed E-state index contributed by atoms with van der Waals surface area (Å²) in [5.74, 6) is 4.95. The highest BCUT2D eigenvalue weighted by atomic mass is 19.1. The second kappa shape index (κ2) is 5.03. The first-order valence-corrected chi connectivity index (χ1v) is 5.97. The van der Waals surface area contributed by atoms with Crippen molar-refractivity contribution in [3.8, 4) is 0 Å². The minimum atomic E-state index is -0.748. The van der Waals surface area contributed by atoms with Gasteiger partial charge >= 0.3 is 0 Å². The van der Waals surface area contributed by atoms with Gasteiger partial charge in [0.1, 0.15) is 0 Å². The molecular weight excluding hydrogens is 237 g/mol. The van der Waals surface area contributed by atoms with Crippen molar-refractivity contribution in [3.05, 3.63) is 12.0 Å². The van der Waals surface area contributed by atoms with E-state index in [-0.39, 0.29) is 11.8 Å². The Morgan fingerprint density at radius 3 is 2.83 bits per heavy atom. The third-order valence-corrected chi connectivity index (χ3v) is 3.28. The minimum Gasteiger partial charge on any atom is -0.388 e. The van der Waals surface area contributed by atoms with E-state index >= 15 is 0 Å². The Balaban J connectivity index is 2.14. The predicted molar refractivity (Wildman–Crippen MR) is 66.5 cm³/mol. The van der Waals surface area contributed by atoms with Crippen LogP contribution in [0.2, 0.25) is 0 Å². The molecule has 1 aromatic heterocycles. The fraction of sp³-hybridized carbons (Fsp3) is 0.636. The summed E-state index contributed by atoms with van der Waals surface area (Å²) in [5, 5.41) is 10.3. The molecule has 2 rings (SSSR count). The van der Waals surface area contributed by atoms with Crippen LogP contribution in [0.4, 0.5) is 16.2 Å². The van der Waals surface area contributed by atoms with Crippen molar-refractivity contribution in [1.82, 2.24) is 9.97 Å². The zero-order chi connectivity index (χ0) is 13.2.